The average Bonchev–Trinajstić information content (AvgIpc) is 3.16. The zero-order valence-electron chi connectivity index (χ0n) is 11.7. The second kappa shape index (κ2) is 6.64. The van der Waals surface area contributed by atoms with Crippen LogP contribution in [0.1, 0.15) is 9.67 Å². The second-order valence-electron chi connectivity index (χ2n) is 4.56. The summed E-state index contributed by atoms with van der Waals surface area (Å²) in [5.41, 5.74) is 0.941. The number of hydrogen-bond acceptors (Lipinski definition) is 5. The van der Waals surface area contributed by atoms with Crippen molar-refractivity contribution in [3.8, 4) is 11.4 Å². The molecule has 0 fully saturated rings. The third-order valence-corrected chi connectivity index (χ3v) is 5.25. The quantitative estimate of drug-likeness (QED) is 0.512. The molecule has 0 aliphatic carbocycles. The molecule has 0 bridgehead atoms. The van der Waals surface area contributed by atoms with Gasteiger partial charge in [0.2, 0.25) is 0 Å². The fraction of sp³-hybridized carbons (Fsp3) is 0.133. The Morgan fingerprint density at radius 3 is 2.73 bits per heavy atom. The first-order chi connectivity index (χ1) is 10.6. The van der Waals surface area contributed by atoms with E-state index in [2.05, 4.69) is 10.2 Å². The van der Waals surface area contributed by atoms with Crippen LogP contribution in [0.25, 0.3) is 11.4 Å². The van der Waals surface area contributed by atoms with Gasteiger partial charge in [-0.15, -0.1) is 21.5 Å². The van der Waals surface area contributed by atoms with E-state index in [0.29, 0.717) is 10.8 Å². The van der Waals surface area contributed by atoms with Gasteiger partial charge in [-0.2, -0.15) is 0 Å². The SMILES string of the molecule is Cn1c(SCC(=O)c2cccs2)nnc1-c1ccc(Cl)cc1. The van der Waals surface area contributed by atoms with E-state index in [1.165, 1.54) is 23.1 Å². The first kappa shape index (κ1) is 15.3. The highest BCUT2D eigenvalue weighted by Crippen LogP contribution is 2.24. The van der Waals surface area contributed by atoms with Crippen molar-refractivity contribution in [2.75, 3.05) is 5.75 Å². The lowest BCUT2D eigenvalue weighted by Gasteiger charge is -2.03. The lowest BCUT2D eigenvalue weighted by Crippen LogP contribution is -2.01. The fourth-order valence-corrected chi connectivity index (χ4v) is 3.61. The third kappa shape index (κ3) is 3.24. The summed E-state index contributed by atoms with van der Waals surface area (Å²) in [6.07, 6.45) is 0. The largest absolute Gasteiger partial charge is 0.305 e. The summed E-state index contributed by atoms with van der Waals surface area (Å²) in [5.74, 6) is 1.21. The molecule has 0 radical (unpaired) electrons. The molecule has 3 rings (SSSR count). The molecule has 22 heavy (non-hydrogen) atoms. The monoisotopic (exact) mass is 349 g/mol. The molecule has 0 N–H and O–H groups in total. The van der Waals surface area contributed by atoms with Gasteiger partial charge in [-0.1, -0.05) is 29.4 Å². The second-order valence-corrected chi connectivity index (χ2v) is 6.89. The van der Waals surface area contributed by atoms with Gasteiger partial charge in [0.1, 0.15) is 0 Å². The minimum atomic E-state index is 0.107. The number of nitrogens with zero attached hydrogens (tertiary/aromatic N) is 3. The molecule has 0 aliphatic heterocycles. The zero-order valence-corrected chi connectivity index (χ0v) is 14.1. The Morgan fingerprint density at radius 1 is 1.27 bits per heavy atom. The molecule has 2 aromatic heterocycles. The number of rotatable bonds is 5. The van der Waals surface area contributed by atoms with Crippen LogP contribution < -0.4 is 0 Å². The smallest absolute Gasteiger partial charge is 0.191 e. The van der Waals surface area contributed by atoms with Crippen molar-refractivity contribution in [2.24, 2.45) is 7.05 Å². The van der Waals surface area contributed by atoms with Crippen LogP contribution in [0.4, 0.5) is 0 Å². The summed E-state index contributed by atoms with van der Waals surface area (Å²) >= 11 is 8.74. The molecule has 2 heterocycles. The minimum Gasteiger partial charge on any atom is -0.305 e. The van der Waals surface area contributed by atoms with Crippen molar-refractivity contribution >= 4 is 40.5 Å². The molecule has 4 nitrogen and oxygen atoms in total. The van der Waals surface area contributed by atoms with Gasteiger partial charge in [0, 0.05) is 17.6 Å². The Morgan fingerprint density at radius 2 is 2.05 bits per heavy atom. The van der Waals surface area contributed by atoms with Gasteiger partial charge in [-0.05, 0) is 35.7 Å². The van der Waals surface area contributed by atoms with Gasteiger partial charge >= 0.3 is 0 Å². The molecule has 0 aliphatic rings. The Kier molecular flexibility index (Phi) is 4.61. The van der Waals surface area contributed by atoms with Crippen LogP contribution >= 0.6 is 34.7 Å². The van der Waals surface area contributed by atoms with Gasteiger partial charge in [-0.3, -0.25) is 4.79 Å². The van der Waals surface area contributed by atoms with Crippen molar-refractivity contribution in [3.05, 3.63) is 51.7 Å². The average molecular weight is 350 g/mol. The van der Waals surface area contributed by atoms with Gasteiger partial charge in [0.05, 0.1) is 10.6 Å². The normalized spacial score (nSPS) is 10.8. The van der Waals surface area contributed by atoms with Crippen LogP contribution in [0, 0.1) is 0 Å². The van der Waals surface area contributed by atoms with Crippen molar-refractivity contribution in [3.63, 3.8) is 0 Å². The first-order valence-electron chi connectivity index (χ1n) is 6.50. The van der Waals surface area contributed by atoms with Crippen LogP contribution in [-0.2, 0) is 7.05 Å². The van der Waals surface area contributed by atoms with Crippen LogP contribution in [0.2, 0.25) is 5.02 Å². The standard InChI is InChI=1S/C15H12ClN3OS2/c1-19-14(10-4-6-11(16)7-5-10)17-18-15(19)22-9-12(20)13-3-2-8-21-13/h2-8H,9H2,1H3. The molecule has 0 saturated heterocycles. The van der Waals surface area contributed by atoms with Crippen molar-refractivity contribution in [1.29, 1.82) is 0 Å². The van der Waals surface area contributed by atoms with Crippen molar-refractivity contribution in [1.82, 2.24) is 14.8 Å². The Bertz CT molecular complexity index is 782. The highest BCUT2D eigenvalue weighted by Gasteiger charge is 2.14. The summed E-state index contributed by atoms with van der Waals surface area (Å²) in [7, 11) is 1.89. The molecule has 0 atom stereocenters. The van der Waals surface area contributed by atoms with E-state index in [4.69, 9.17) is 11.6 Å². The lowest BCUT2D eigenvalue weighted by molar-refractivity contribution is 0.102. The summed E-state index contributed by atoms with van der Waals surface area (Å²) in [4.78, 5) is 12.8. The van der Waals surface area contributed by atoms with Crippen LogP contribution in [0.15, 0.2) is 46.9 Å². The van der Waals surface area contributed by atoms with Crippen molar-refractivity contribution in [2.45, 2.75) is 5.16 Å². The molecule has 3 aromatic rings. The topological polar surface area (TPSA) is 47.8 Å². The molecule has 0 unspecified atom stereocenters. The summed E-state index contributed by atoms with van der Waals surface area (Å²) in [5, 5.41) is 11.7. The fourth-order valence-electron chi connectivity index (χ4n) is 1.93. The number of carbonyl (C=O) groups is 1. The van der Waals surface area contributed by atoms with E-state index in [0.717, 1.165) is 21.4 Å². The van der Waals surface area contributed by atoms with Gasteiger partial charge in [0.25, 0.3) is 0 Å². The maximum atomic E-state index is 12.0. The Labute approximate surface area is 141 Å². The predicted molar refractivity (Wildman–Crippen MR) is 90.8 cm³/mol. The van der Waals surface area contributed by atoms with E-state index in [1.54, 1.807) is 0 Å². The highest BCUT2D eigenvalue weighted by atomic mass is 35.5. The number of carbonyl (C=O) groups excluding carboxylic acids is 1. The van der Waals surface area contributed by atoms with E-state index in [9.17, 15) is 4.79 Å². The number of Topliss-reactive ketones (excluding diaryl/α,β-unsaturated/α-hetero) is 1. The Balaban J connectivity index is 1.73. The molecule has 0 amide bonds. The lowest BCUT2D eigenvalue weighted by atomic mass is 10.2. The van der Waals surface area contributed by atoms with E-state index in [-0.39, 0.29) is 5.78 Å². The van der Waals surface area contributed by atoms with E-state index >= 15 is 0 Å². The number of ketones is 1. The van der Waals surface area contributed by atoms with Crippen LogP contribution in [0.5, 0.6) is 0 Å². The molecule has 112 valence electrons. The van der Waals surface area contributed by atoms with Crippen LogP contribution in [-0.4, -0.2) is 26.3 Å². The minimum absolute atomic E-state index is 0.107. The number of thiophene rings is 1. The molecule has 0 saturated carbocycles. The maximum absolute atomic E-state index is 12.0. The summed E-state index contributed by atoms with van der Waals surface area (Å²) in [6, 6.07) is 11.2. The van der Waals surface area contributed by atoms with E-state index in [1.807, 2.05) is 53.4 Å². The van der Waals surface area contributed by atoms with Gasteiger partial charge in [-0.25, -0.2) is 0 Å². The predicted octanol–water partition coefficient (Wildman–Crippen LogP) is 4.17. The van der Waals surface area contributed by atoms with Gasteiger partial charge < -0.3 is 4.57 Å². The maximum Gasteiger partial charge on any atom is 0.191 e. The molecular weight excluding hydrogens is 338 g/mol. The molecule has 7 heteroatoms. The first-order valence-corrected chi connectivity index (χ1v) is 8.74. The number of aromatic nitrogens is 3. The van der Waals surface area contributed by atoms with Crippen molar-refractivity contribution < 1.29 is 4.79 Å². The summed E-state index contributed by atoms with van der Waals surface area (Å²) < 4.78 is 1.88. The highest BCUT2D eigenvalue weighted by molar-refractivity contribution is 7.99. The van der Waals surface area contributed by atoms with Gasteiger partial charge in [0.15, 0.2) is 16.8 Å². The molecular formula is C15H12ClN3OS2. The number of halogens is 1. The number of hydrogen-bond donors (Lipinski definition) is 0. The third-order valence-electron chi connectivity index (χ3n) is 3.07. The number of thioether (sulfide) groups is 1. The summed E-state index contributed by atoms with van der Waals surface area (Å²) in [6.45, 7) is 0. The Hall–Kier alpha value is -1.63. The van der Waals surface area contributed by atoms with E-state index < -0.39 is 0 Å². The molecule has 1 aromatic carbocycles. The zero-order chi connectivity index (χ0) is 15.5. The molecule has 0 spiro atoms. The number of benzene rings is 1. The van der Waals surface area contributed by atoms with Crippen LogP contribution in [0.3, 0.4) is 0 Å².